The van der Waals surface area contributed by atoms with Crippen molar-refractivity contribution in [3.05, 3.63) is 65.2 Å². The molecule has 7 nitrogen and oxygen atoms in total. The van der Waals surface area contributed by atoms with Crippen LogP contribution < -0.4 is 16.5 Å². The molecule has 0 aromatic heterocycles. The van der Waals surface area contributed by atoms with Crippen molar-refractivity contribution in [2.24, 2.45) is 0 Å². The summed E-state index contributed by atoms with van der Waals surface area (Å²) in [6.45, 7) is 1.33. The van der Waals surface area contributed by atoms with Crippen LogP contribution >= 0.6 is 0 Å². The predicted molar refractivity (Wildman–Crippen MR) is 96.1 cm³/mol. The molecule has 0 aliphatic rings. The molecule has 0 radical (unpaired) electrons. The zero-order chi connectivity index (χ0) is 19.1. The van der Waals surface area contributed by atoms with Crippen molar-refractivity contribution in [1.29, 1.82) is 0 Å². The number of hydroxylamine groups is 1. The Labute approximate surface area is 150 Å². The number of hydrogen-bond acceptors (Lipinski definition) is 5. The Morgan fingerprint density at radius 3 is 1.96 bits per heavy atom. The topological polar surface area (TPSA) is 125 Å². The Balaban J connectivity index is 2.08. The van der Waals surface area contributed by atoms with Crippen LogP contribution in [0.15, 0.2) is 48.5 Å². The number of aliphatic hydroxyl groups is 1. The van der Waals surface area contributed by atoms with Gasteiger partial charge in [0, 0.05) is 22.4 Å². The Morgan fingerprint density at radius 1 is 1.00 bits per heavy atom. The summed E-state index contributed by atoms with van der Waals surface area (Å²) in [5.41, 5.74) is 9.50. The summed E-state index contributed by atoms with van der Waals surface area (Å²) in [5.74, 6) is 4.50. The maximum atomic E-state index is 12.2. The van der Waals surface area contributed by atoms with E-state index in [1.54, 1.807) is 36.4 Å². The van der Waals surface area contributed by atoms with Gasteiger partial charge in [0.1, 0.15) is 6.04 Å². The molecule has 0 heterocycles. The van der Waals surface area contributed by atoms with Gasteiger partial charge in [-0.05, 0) is 55.5 Å². The van der Waals surface area contributed by atoms with Crippen LogP contribution in [-0.4, -0.2) is 34.3 Å². The van der Waals surface area contributed by atoms with E-state index in [9.17, 15) is 14.7 Å². The van der Waals surface area contributed by atoms with Crippen LogP contribution in [0.1, 0.15) is 28.4 Å². The Hall–Kier alpha value is -3.34. The zero-order valence-corrected chi connectivity index (χ0v) is 14.1. The molecule has 0 aliphatic carbocycles. The molecule has 0 bridgehead atoms. The number of nitrogen functional groups attached to an aromatic ring is 1. The van der Waals surface area contributed by atoms with E-state index in [4.69, 9.17) is 10.9 Å². The first-order valence-electron chi connectivity index (χ1n) is 7.81. The van der Waals surface area contributed by atoms with Gasteiger partial charge in [0.05, 0.1) is 6.10 Å². The van der Waals surface area contributed by atoms with Gasteiger partial charge in [-0.3, -0.25) is 14.8 Å². The summed E-state index contributed by atoms with van der Waals surface area (Å²) in [4.78, 5) is 23.6. The van der Waals surface area contributed by atoms with Crippen molar-refractivity contribution in [2.75, 3.05) is 5.73 Å². The SMILES string of the molecule is C[C@@H](O)[C@H](NC(=O)c1ccc(C#Cc2ccc(N)cc2)cc1)C(=O)NO. The molecule has 2 aromatic rings. The molecule has 0 aliphatic heterocycles. The van der Waals surface area contributed by atoms with Gasteiger partial charge in [0.2, 0.25) is 0 Å². The van der Waals surface area contributed by atoms with Gasteiger partial charge in [0.15, 0.2) is 0 Å². The first kappa shape index (κ1) is 19.0. The summed E-state index contributed by atoms with van der Waals surface area (Å²) >= 11 is 0. The molecule has 0 fully saturated rings. The molecule has 0 saturated carbocycles. The van der Waals surface area contributed by atoms with Crippen LogP contribution in [0.25, 0.3) is 0 Å². The predicted octanol–water partition coefficient (Wildman–Crippen LogP) is 0.653. The van der Waals surface area contributed by atoms with Crippen LogP contribution in [0.2, 0.25) is 0 Å². The van der Waals surface area contributed by atoms with Crippen LogP contribution in [0.4, 0.5) is 5.69 Å². The third-order valence-corrected chi connectivity index (χ3v) is 3.57. The second-order valence-corrected chi connectivity index (χ2v) is 5.62. The number of carbonyl (C=O) groups excluding carboxylic acids is 2. The lowest BCUT2D eigenvalue weighted by Gasteiger charge is -2.19. The fourth-order valence-electron chi connectivity index (χ4n) is 2.12. The van der Waals surface area contributed by atoms with Crippen molar-refractivity contribution in [2.45, 2.75) is 19.1 Å². The highest BCUT2D eigenvalue weighted by molar-refractivity contribution is 5.97. The summed E-state index contributed by atoms with van der Waals surface area (Å²) in [6, 6.07) is 12.3. The van der Waals surface area contributed by atoms with E-state index >= 15 is 0 Å². The van der Waals surface area contributed by atoms with E-state index in [2.05, 4.69) is 17.2 Å². The fourth-order valence-corrected chi connectivity index (χ4v) is 2.12. The third kappa shape index (κ3) is 5.08. The van der Waals surface area contributed by atoms with Gasteiger partial charge in [-0.2, -0.15) is 0 Å². The highest BCUT2D eigenvalue weighted by Crippen LogP contribution is 2.07. The lowest BCUT2D eigenvalue weighted by molar-refractivity contribution is -0.133. The highest BCUT2D eigenvalue weighted by atomic mass is 16.5. The average Bonchev–Trinajstić information content (AvgIpc) is 2.65. The first-order chi connectivity index (χ1) is 12.4. The molecule has 0 spiro atoms. The number of rotatable bonds is 4. The molecular formula is C19H19N3O4. The van der Waals surface area contributed by atoms with E-state index in [0.29, 0.717) is 16.8 Å². The minimum atomic E-state index is -1.27. The van der Waals surface area contributed by atoms with Gasteiger partial charge < -0.3 is 16.2 Å². The van der Waals surface area contributed by atoms with Crippen molar-refractivity contribution in [1.82, 2.24) is 10.8 Å². The number of carbonyl (C=O) groups is 2. The smallest absolute Gasteiger partial charge is 0.268 e. The van der Waals surface area contributed by atoms with Gasteiger partial charge in [-0.25, -0.2) is 5.48 Å². The second-order valence-electron chi connectivity index (χ2n) is 5.62. The number of amides is 2. The van der Waals surface area contributed by atoms with E-state index < -0.39 is 24.0 Å². The molecule has 134 valence electrons. The van der Waals surface area contributed by atoms with E-state index in [1.807, 2.05) is 12.1 Å². The summed E-state index contributed by atoms with van der Waals surface area (Å²) in [7, 11) is 0. The van der Waals surface area contributed by atoms with Crippen molar-refractivity contribution in [3.8, 4) is 11.8 Å². The van der Waals surface area contributed by atoms with Gasteiger partial charge in [-0.1, -0.05) is 11.8 Å². The largest absolute Gasteiger partial charge is 0.399 e. The van der Waals surface area contributed by atoms with Crippen molar-refractivity contribution in [3.63, 3.8) is 0 Å². The molecule has 26 heavy (non-hydrogen) atoms. The van der Waals surface area contributed by atoms with Crippen LogP contribution in [0.3, 0.4) is 0 Å². The fraction of sp³-hybridized carbons (Fsp3) is 0.158. The van der Waals surface area contributed by atoms with E-state index in [1.165, 1.54) is 12.4 Å². The Kier molecular flexibility index (Phi) is 6.33. The second kappa shape index (κ2) is 8.67. The number of benzene rings is 2. The van der Waals surface area contributed by atoms with Crippen LogP contribution in [0.5, 0.6) is 0 Å². The van der Waals surface area contributed by atoms with Gasteiger partial charge >= 0.3 is 0 Å². The lowest BCUT2D eigenvalue weighted by Crippen LogP contribution is -2.51. The summed E-state index contributed by atoms with van der Waals surface area (Å²) in [5, 5.41) is 20.6. The standard InChI is InChI=1S/C19H19N3O4/c1-12(23)17(19(25)22-26)21-18(24)15-8-4-13(5-9-15)2-3-14-6-10-16(20)11-7-14/h4-12,17,23,26H,20H2,1H3,(H,21,24)(H,22,25)/t12-,17+/m1/s1. The minimum absolute atomic E-state index is 0.291. The Morgan fingerprint density at radius 2 is 1.50 bits per heavy atom. The molecule has 0 unspecified atom stereocenters. The molecule has 2 rings (SSSR count). The quantitative estimate of drug-likeness (QED) is 0.239. The number of nitrogens with two attached hydrogens (primary N) is 1. The third-order valence-electron chi connectivity index (χ3n) is 3.57. The summed E-state index contributed by atoms with van der Waals surface area (Å²) in [6.07, 6.45) is -1.17. The molecular weight excluding hydrogens is 334 g/mol. The first-order valence-corrected chi connectivity index (χ1v) is 7.81. The average molecular weight is 353 g/mol. The van der Waals surface area contributed by atoms with E-state index in [0.717, 1.165) is 5.56 Å². The maximum absolute atomic E-state index is 12.2. The molecule has 6 N–H and O–H groups in total. The Bertz CT molecular complexity index is 834. The molecule has 2 atom stereocenters. The number of anilines is 1. The molecule has 0 saturated heterocycles. The van der Waals surface area contributed by atoms with Gasteiger partial charge in [0.25, 0.3) is 11.8 Å². The van der Waals surface area contributed by atoms with E-state index in [-0.39, 0.29) is 0 Å². The number of hydrogen-bond donors (Lipinski definition) is 5. The molecule has 7 heteroatoms. The minimum Gasteiger partial charge on any atom is -0.399 e. The van der Waals surface area contributed by atoms with Crippen molar-refractivity contribution < 1.29 is 19.9 Å². The van der Waals surface area contributed by atoms with Gasteiger partial charge in [-0.15, -0.1) is 0 Å². The van der Waals surface area contributed by atoms with Crippen LogP contribution in [-0.2, 0) is 4.79 Å². The lowest BCUT2D eigenvalue weighted by atomic mass is 10.1. The monoisotopic (exact) mass is 353 g/mol. The maximum Gasteiger partial charge on any atom is 0.268 e. The number of aliphatic hydroxyl groups excluding tert-OH is 1. The summed E-state index contributed by atoms with van der Waals surface area (Å²) < 4.78 is 0. The normalized spacial score (nSPS) is 12.3. The highest BCUT2D eigenvalue weighted by Gasteiger charge is 2.25. The number of nitrogens with one attached hydrogen (secondary N) is 2. The van der Waals surface area contributed by atoms with Crippen LogP contribution in [0, 0.1) is 11.8 Å². The zero-order valence-electron chi connectivity index (χ0n) is 14.1. The van der Waals surface area contributed by atoms with Crippen molar-refractivity contribution >= 4 is 17.5 Å². The molecule has 2 aromatic carbocycles. The molecule has 2 amide bonds.